The van der Waals surface area contributed by atoms with Gasteiger partial charge in [-0.05, 0) is 29.8 Å². The molecule has 1 N–H and O–H groups in total. The summed E-state index contributed by atoms with van der Waals surface area (Å²) in [5.74, 6) is 0.971. The van der Waals surface area contributed by atoms with Gasteiger partial charge in [0.25, 0.3) is 0 Å². The lowest BCUT2D eigenvalue weighted by Crippen LogP contribution is -2.21. The molecule has 0 spiro atoms. The highest BCUT2D eigenvalue weighted by Crippen LogP contribution is 2.28. The molecule has 5 heteroatoms. The second kappa shape index (κ2) is 7.32. The molecule has 0 aliphatic carbocycles. The maximum atomic E-state index is 11.2. The monoisotopic (exact) mass is 300 g/mol. The normalized spacial score (nSPS) is 9.71. The van der Waals surface area contributed by atoms with Crippen molar-refractivity contribution in [2.75, 3.05) is 0 Å². The Morgan fingerprint density at radius 3 is 2.57 bits per heavy atom. The molecule has 0 heterocycles. The van der Waals surface area contributed by atoms with E-state index < -0.39 is 0 Å². The SMILES string of the molecule is N#CCC(=O)NCc1ccc(Oc2ccccc2Cl)cc1. The van der Waals surface area contributed by atoms with E-state index in [0.29, 0.717) is 23.1 Å². The smallest absolute Gasteiger partial charge is 0.234 e. The van der Waals surface area contributed by atoms with E-state index in [1.165, 1.54) is 0 Å². The molecule has 0 bridgehead atoms. The third-order valence-electron chi connectivity index (χ3n) is 2.72. The summed E-state index contributed by atoms with van der Waals surface area (Å²) in [5.41, 5.74) is 0.924. The molecule has 0 radical (unpaired) electrons. The first-order valence-corrected chi connectivity index (χ1v) is 6.72. The van der Waals surface area contributed by atoms with Crippen molar-refractivity contribution in [2.45, 2.75) is 13.0 Å². The third kappa shape index (κ3) is 4.51. The number of nitrogens with one attached hydrogen (secondary N) is 1. The summed E-state index contributed by atoms with van der Waals surface area (Å²) in [6.07, 6.45) is -0.131. The summed E-state index contributed by atoms with van der Waals surface area (Å²) in [6, 6.07) is 16.3. The van der Waals surface area contributed by atoms with E-state index in [4.69, 9.17) is 21.6 Å². The van der Waals surface area contributed by atoms with Crippen molar-refractivity contribution in [3.63, 3.8) is 0 Å². The van der Waals surface area contributed by atoms with Crippen LogP contribution in [0.3, 0.4) is 0 Å². The van der Waals surface area contributed by atoms with Crippen LogP contribution in [0.25, 0.3) is 0 Å². The molecule has 2 aromatic carbocycles. The number of rotatable bonds is 5. The van der Waals surface area contributed by atoms with Crippen LogP contribution in [0.5, 0.6) is 11.5 Å². The van der Waals surface area contributed by atoms with Crippen LogP contribution in [0.15, 0.2) is 48.5 Å². The second-order valence-electron chi connectivity index (χ2n) is 4.29. The Morgan fingerprint density at radius 2 is 1.90 bits per heavy atom. The zero-order valence-electron chi connectivity index (χ0n) is 11.2. The van der Waals surface area contributed by atoms with Gasteiger partial charge >= 0.3 is 0 Å². The maximum Gasteiger partial charge on any atom is 0.234 e. The van der Waals surface area contributed by atoms with Crippen molar-refractivity contribution in [3.8, 4) is 17.6 Å². The summed E-state index contributed by atoms with van der Waals surface area (Å²) in [5, 5.41) is 11.6. The lowest BCUT2D eigenvalue weighted by atomic mass is 10.2. The number of amides is 1. The summed E-state index contributed by atoms with van der Waals surface area (Å²) in [7, 11) is 0. The molecule has 0 aliphatic heterocycles. The summed E-state index contributed by atoms with van der Waals surface area (Å²) in [6.45, 7) is 0.382. The van der Waals surface area contributed by atoms with Crippen molar-refractivity contribution in [1.29, 1.82) is 5.26 Å². The number of ether oxygens (including phenoxy) is 1. The standard InChI is InChI=1S/C16H13ClN2O2/c17-14-3-1-2-4-15(14)21-13-7-5-12(6-8-13)11-19-16(20)9-10-18/h1-8H,9,11H2,(H,19,20). The summed E-state index contributed by atoms with van der Waals surface area (Å²) in [4.78, 5) is 11.2. The quantitative estimate of drug-likeness (QED) is 0.916. The van der Waals surface area contributed by atoms with Gasteiger partial charge in [-0.3, -0.25) is 4.79 Å². The minimum Gasteiger partial charge on any atom is -0.456 e. The minimum absolute atomic E-state index is 0.131. The number of nitriles is 1. The minimum atomic E-state index is -0.283. The first-order valence-electron chi connectivity index (χ1n) is 6.34. The molecular weight excluding hydrogens is 288 g/mol. The number of carbonyl (C=O) groups is 1. The molecule has 0 aliphatic rings. The molecule has 2 rings (SSSR count). The predicted octanol–water partition coefficient (Wildman–Crippen LogP) is 3.66. The van der Waals surface area contributed by atoms with Gasteiger partial charge in [0, 0.05) is 6.54 Å². The van der Waals surface area contributed by atoms with Crippen molar-refractivity contribution < 1.29 is 9.53 Å². The van der Waals surface area contributed by atoms with Gasteiger partial charge < -0.3 is 10.1 Å². The van der Waals surface area contributed by atoms with Crippen molar-refractivity contribution in [3.05, 3.63) is 59.1 Å². The first kappa shape index (κ1) is 14.9. The maximum absolute atomic E-state index is 11.2. The predicted molar refractivity (Wildman–Crippen MR) is 80.0 cm³/mol. The van der Waals surface area contributed by atoms with E-state index in [9.17, 15) is 4.79 Å². The zero-order valence-corrected chi connectivity index (χ0v) is 11.9. The second-order valence-corrected chi connectivity index (χ2v) is 4.70. The Bertz CT molecular complexity index is 663. The van der Waals surface area contributed by atoms with Gasteiger partial charge in [-0.2, -0.15) is 5.26 Å². The lowest BCUT2D eigenvalue weighted by Gasteiger charge is -2.08. The molecule has 0 saturated heterocycles. The van der Waals surface area contributed by atoms with Crippen LogP contribution in [-0.4, -0.2) is 5.91 Å². The van der Waals surface area contributed by atoms with Crippen molar-refractivity contribution in [2.24, 2.45) is 0 Å². The average Bonchev–Trinajstić information content (AvgIpc) is 2.49. The van der Waals surface area contributed by atoms with Gasteiger partial charge in [0.1, 0.15) is 17.9 Å². The fourth-order valence-corrected chi connectivity index (χ4v) is 1.84. The van der Waals surface area contributed by atoms with Crippen LogP contribution >= 0.6 is 11.6 Å². The van der Waals surface area contributed by atoms with Gasteiger partial charge in [0.15, 0.2) is 0 Å². The summed E-state index contributed by atoms with van der Waals surface area (Å²) >= 11 is 6.02. The number of nitrogens with zero attached hydrogens (tertiary/aromatic N) is 1. The highest BCUT2D eigenvalue weighted by atomic mass is 35.5. The van der Waals surface area contributed by atoms with Gasteiger partial charge in [0.2, 0.25) is 5.91 Å². The molecule has 0 atom stereocenters. The molecule has 0 unspecified atom stereocenters. The third-order valence-corrected chi connectivity index (χ3v) is 3.03. The number of benzene rings is 2. The Kier molecular flexibility index (Phi) is 5.19. The Labute approximate surface area is 127 Å². The number of hydrogen-bond acceptors (Lipinski definition) is 3. The average molecular weight is 301 g/mol. The number of halogens is 1. The van der Waals surface area contributed by atoms with E-state index >= 15 is 0 Å². The van der Waals surface area contributed by atoms with Gasteiger partial charge in [-0.1, -0.05) is 35.9 Å². The van der Waals surface area contributed by atoms with Crippen LogP contribution in [0.2, 0.25) is 5.02 Å². The molecule has 0 aromatic heterocycles. The molecule has 2 aromatic rings. The van der Waals surface area contributed by atoms with Crippen molar-refractivity contribution in [1.82, 2.24) is 5.32 Å². The Morgan fingerprint density at radius 1 is 1.19 bits per heavy atom. The van der Waals surface area contributed by atoms with Crippen LogP contribution in [0.4, 0.5) is 0 Å². The number of hydrogen-bond donors (Lipinski definition) is 1. The van der Waals surface area contributed by atoms with Gasteiger partial charge in [-0.15, -0.1) is 0 Å². The number of para-hydroxylation sites is 1. The van der Waals surface area contributed by atoms with Crippen molar-refractivity contribution >= 4 is 17.5 Å². The zero-order chi connectivity index (χ0) is 15.1. The molecule has 4 nitrogen and oxygen atoms in total. The highest BCUT2D eigenvalue weighted by molar-refractivity contribution is 6.32. The fraction of sp³-hybridized carbons (Fsp3) is 0.125. The Hall–Kier alpha value is -2.51. The van der Waals surface area contributed by atoms with E-state index in [1.54, 1.807) is 30.3 Å². The van der Waals surface area contributed by atoms with Crippen LogP contribution in [0.1, 0.15) is 12.0 Å². The molecular formula is C16H13ClN2O2. The van der Waals surface area contributed by atoms with Crippen LogP contribution < -0.4 is 10.1 Å². The fourth-order valence-electron chi connectivity index (χ4n) is 1.66. The van der Waals surface area contributed by atoms with Gasteiger partial charge in [0.05, 0.1) is 11.1 Å². The van der Waals surface area contributed by atoms with E-state index in [0.717, 1.165) is 5.56 Å². The molecule has 0 fully saturated rings. The molecule has 106 valence electrons. The van der Waals surface area contributed by atoms with E-state index in [1.807, 2.05) is 24.3 Å². The van der Waals surface area contributed by atoms with Crippen LogP contribution in [0, 0.1) is 11.3 Å². The highest BCUT2D eigenvalue weighted by Gasteiger charge is 2.03. The van der Waals surface area contributed by atoms with E-state index in [2.05, 4.69) is 5.32 Å². The molecule has 21 heavy (non-hydrogen) atoms. The van der Waals surface area contributed by atoms with E-state index in [-0.39, 0.29) is 12.3 Å². The first-order chi connectivity index (χ1) is 10.2. The Balaban J connectivity index is 1.95. The number of carbonyl (C=O) groups excluding carboxylic acids is 1. The topological polar surface area (TPSA) is 62.1 Å². The summed E-state index contributed by atoms with van der Waals surface area (Å²) < 4.78 is 5.67. The van der Waals surface area contributed by atoms with Gasteiger partial charge in [-0.25, -0.2) is 0 Å². The molecule has 0 saturated carbocycles. The largest absolute Gasteiger partial charge is 0.456 e. The lowest BCUT2D eigenvalue weighted by molar-refractivity contribution is -0.120. The van der Waals surface area contributed by atoms with Crippen LogP contribution in [-0.2, 0) is 11.3 Å². The molecule has 1 amide bonds.